The van der Waals surface area contributed by atoms with Crippen LogP contribution in [0.3, 0.4) is 0 Å². The maximum atomic E-state index is 11.6. The maximum Gasteiger partial charge on any atom is 0.265 e. The summed E-state index contributed by atoms with van der Waals surface area (Å²) in [6.45, 7) is 4.59. The highest BCUT2D eigenvalue weighted by Crippen LogP contribution is 2.44. The van der Waals surface area contributed by atoms with E-state index in [0.717, 1.165) is 48.6 Å². The van der Waals surface area contributed by atoms with Crippen LogP contribution >= 0.6 is 34.3 Å². The molecule has 0 spiro atoms. The Bertz CT molecular complexity index is 2310. The Balaban J connectivity index is 1.39. The first-order valence-electron chi connectivity index (χ1n) is 15.3. The third kappa shape index (κ3) is 7.78. The van der Waals surface area contributed by atoms with Gasteiger partial charge in [-0.05, 0) is 66.1 Å². The molecule has 3 heterocycles. The van der Waals surface area contributed by atoms with Crippen molar-refractivity contribution in [3.63, 3.8) is 0 Å². The number of thiazole rings is 1. The highest BCUT2D eigenvalue weighted by atomic mass is 35.5. The summed E-state index contributed by atoms with van der Waals surface area (Å²) < 4.78 is 75.5. The average molecular weight is 746 g/mol. The van der Waals surface area contributed by atoms with Crippen LogP contribution < -0.4 is 14.2 Å². The summed E-state index contributed by atoms with van der Waals surface area (Å²) in [6.07, 6.45) is 4.98. The molecule has 0 amide bonds. The number of benzene rings is 3. The Morgan fingerprint density at radius 3 is 2.50 bits per heavy atom. The molecule has 0 bridgehead atoms. The largest absolute Gasteiger partial charge is 0.439 e. The van der Waals surface area contributed by atoms with E-state index in [1.54, 1.807) is 22.7 Å². The fourth-order valence-corrected chi connectivity index (χ4v) is 9.10. The lowest BCUT2D eigenvalue weighted by Crippen LogP contribution is -2.36. The van der Waals surface area contributed by atoms with Gasteiger partial charge in [0.1, 0.15) is 4.70 Å². The van der Waals surface area contributed by atoms with E-state index in [4.69, 9.17) is 16.3 Å². The SMILES string of the molecule is CCC(/C=C1\Oc2ccc(-c3csc4ccccc34)cc2N1CCCS(=O)(=O)O)=C\c1sc2cc(C)c(Cl)cc2[n+]1CCCS(=O)(=O)O. The zero-order valence-corrected chi connectivity index (χ0v) is 30.2. The maximum absolute atomic E-state index is 11.6. The van der Waals surface area contributed by atoms with Crippen LogP contribution in [0.1, 0.15) is 36.8 Å². The number of allylic oxidation sites excluding steroid dienone is 2. The van der Waals surface area contributed by atoms with Gasteiger partial charge >= 0.3 is 0 Å². The van der Waals surface area contributed by atoms with Gasteiger partial charge in [0.15, 0.2) is 12.3 Å². The van der Waals surface area contributed by atoms with Crippen molar-refractivity contribution in [1.29, 1.82) is 0 Å². The van der Waals surface area contributed by atoms with Gasteiger partial charge in [-0.3, -0.25) is 9.11 Å². The number of nitrogens with zero attached hydrogens (tertiary/aromatic N) is 2. The first-order valence-corrected chi connectivity index (χ1v) is 20.6. The Labute approximate surface area is 292 Å². The first-order chi connectivity index (χ1) is 22.8. The monoisotopic (exact) mass is 745 g/mol. The topological polar surface area (TPSA) is 125 Å². The third-order valence-corrected chi connectivity index (χ3v) is 12.2. The summed E-state index contributed by atoms with van der Waals surface area (Å²) in [5, 5.41) is 4.75. The highest BCUT2D eigenvalue weighted by Gasteiger charge is 2.28. The number of ether oxygens (including phenoxy) is 1. The number of hydrogen-bond acceptors (Lipinski definition) is 8. The molecule has 14 heteroatoms. The molecule has 3 aromatic carbocycles. The van der Waals surface area contributed by atoms with Gasteiger partial charge in [0, 0.05) is 46.8 Å². The van der Waals surface area contributed by atoms with Crippen LogP contribution in [0.2, 0.25) is 5.02 Å². The van der Waals surface area contributed by atoms with Gasteiger partial charge in [-0.1, -0.05) is 54.1 Å². The van der Waals surface area contributed by atoms with E-state index >= 15 is 0 Å². The summed E-state index contributed by atoms with van der Waals surface area (Å²) >= 11 is 9.70. The summed E-state index contributed by atoms with van der Waals surface area (Å²) in [5.74, 6) is 0.418. The van der Waals surface area contributed by atoms with E-state index in [1.807, 2.05) is 71.9 Å². The van der Waals surface area contributed by atoms with Gasteiger partial charge in [0.05, 0.1) is 22.2 Å². The average Bonchev–Trinajstić information content (AvgIpc) is 3.69. The summed E-state index contributed by atoms with van der Waals surface area (Å²) in [6, 6.07) is 18.1. The number of fused-ring (bicyclic) bond motifs is 3. The first kappa shape index (κ1) is 34.6. The zero-order valence-electron chi connectivity index (χ0n) is 26.2. The molecule has 2 aromatic heterocycles. The quantitative estimate of drug-likeness (QED) is 0.0970. The fraction of sp³-hybridized carbons (Fsp3) is 0.265. The van der Waals surface area contributed by atoms with Gasteiger partial charge in [0.25, 0.3) is 25.2 Å². The summed E-state index contributed by atoms with van der Waals surface area (Å²) in [7, 11) is -8.26. The molecule has 1 aliphatic rings. The number of anilines is 1. The van der Waals surface area contributed by atoms with Crippen LogP contribution in [0.25, 0.3) is 37.5 Å². The molecule has 2 N–H and O–H groups in total. The van der Waals surface area contributed by atoms with Crippen LogP contribution in [0.4, 0.5) is 5.69 Å². The van der Waals surface area contributed by atoms with E-state index in [1.165, 1.54) is 4.70 Å². The van der Waals surface area contributed by atoms with Crippen LogP contribution in [0.15, 0.2) is 77.5 Å². The number of aryl methyl sites for hydroxylation is 2. The fourth-order valence-electron chi connectivity index (χ4n) is 5.74. The molecule has 9 nitrogen and oxygen atoms in total. The number of rotatable bonds is 12. The van der Waals surface area contributed by atoms with Crippen LogP contribution in [0, 0.1) is 6.92 Å². The molecule has 0 saturated carbocycles. The minimum absolute atomic E-state index is 0.181. The van der Waals surface area contributed by atoms with Crippen LogP contribution in [0.5, 0.6) is 5.75 Å². The van der Waals surface area contributed by atoms with E-state index < -0.39 is 20.2 Å². The van der Waals surface area contributed by atoms with E-state index in [9.17, 15) is 25.9 Å². The third-order valence-electron chi connectivity index (χ3n) is 8.13. The van der Waals surface area contributed by atoms with Gasteiger partial charge in [-0.15, -0.1) is 11.3 Å². The smallest absolute Gasteiger partial charge is 0.265 e. The lowest BCUT2D eigenvalue weighted by molar-refractivity contribution is -0.668. The van der Waals surface area contributed by atoms with E-state index in [-0.39, 0.29) is 24.3 Å². The van der Waals surface area contributed by atoms with E-state index in [0.29, 0.717) is 36.2 Å². The lowest BCUT2D eigenvalue weighted by atomic mass is 10.0. The van der Waals surface area contributed by atoms with Gasteiger partial charge in [0.2, 0.25) is 11.4 Å². The minimum atomic E-state index is -4.15. The predicted octanol–water partition coefficient (Wildman–Crippen LogP) is 8.12. The molecule has 0 unspecified atom stereocenters. The second kappa shape index (κ2) is 13.9. The van der Waals surface area contributed by atoms with Crippen molar-refractivity contribution < 1.29 is 35.2 Å². The Morgan fingerprint density at radius 1 is 1.00 bits per heavy atom. The van der Waals surface area contributed by atoms with Crippen molar-refractivity contribution in [3.8, 4) is 16.9 Å². The molecule has 252 valence electrons. The van der Waals surface area contributed by atoms with Crippen molar-refractivity contribution in [2.45, 2.75) is 39.7 Å². The van der Waals surface area contributed by atoms with Crippen molar-refractivity contribution in [2.75, 3.05) is 23.0 Å². The predicted molar refractivity (Wildman–Crippen MR) is 195 cm³/mol. The molecular weight excluding hydrogens is 712 g/mol. The summed E-state index contributed by atoms with van der Waals surface area (Å²) in [4.78, 5) is 1.94. The Morgan fingerprint density at radius 2 is 1.75 bits per heavy atom. The van der Waals surface area contributed by atoms with Crippen molar-refractivity contribution in [1.82, 2.24) is 0 Å². The lowest BCUT2D eigenvalue weighted by Gasteiger charge is -2.19. The number of halogens is 1. The van der Waals surface area contributed by atoms with Crippen molar-refractivity contribution >= 4 is 86.6 Å². The highest BCUT2D eigenvalue weighted by molar-refractivity contribution is 7.86. The number of thiophene rings is 1. The molecule has 0 atom stereocenters. The van der Waals surface area contributed by atoms with Crippen LogP contribution in [-0.4, -0.2) is 44.0 Å². The minimum Gasteiger partial charge on any atom is -0.439 e. The molecule has 0 aliphatic carbocycles. The van der Waals surface area contributed by atoms with Crippen LogP contribution in [-0.2, 0) is 26.8 Å². The van der Waals surface area contributed by atoms with Gasteiger partial charge in [-0.25, -0.2) is 0 Å². The van der Waals surface area contributed by atoms with E-state index in [2.05, 4.69) is 23.6 Å². The zero-order chi connectivity index (χ0) is 34.2. The molecule has 1 aliphatic heterocycles. The molecule has 5 aromatic rings. The van der Waals surface area contributed by atoms with Crippen molar-refractivity contribution in [3.05, 3.63) is 93.1 Å². The molecule has 48 heavy (non-hydrogen) atoms. The molecule has 0 radical (unpaired) electrons. The molecular formula is C34H34ClN2O7S4+. The molecule has 0 saturated heterocycles. The second-order valence-electron chi connectivity index (χ2n) is 11.6. The molecule has 6 rings (SSSR count). The second-order valence-corrected chi connectivity index (χ2v) is 17.1. The number of aromatic nitrogens is 1. The van der Waals surface area contributed by atoms with Crippen molar-refractivity contribution in [2.24, 2.45) is 0 Å². The Kier molecular flexibility index (Phi) is 10.0. The number of hydrogen-bond donors (Lipinski definition) is 2. The summed E-state index contributed by atoms with van der Waals surface area (Å²) in [5.41, 5.74) is 5.61. The molecule has 0 fully saturated rings. The Hall–Kier alpha value is -3.30. The normalized spacial score (nSPS) is 14.7. The van der Waals surface area contributed by atoms with Gasteiger partial charge in [-0.2, -0.15) is 21.4 Å². The standard InChI is InChI=1S/C34H33ClN2O7S4/c1-3-23(18-34-37(13-7-15-48(41,42)43)29-20-27(35)22(2)16-32(29)46-34)17-33-36(12-6-14-47(38,39)40)28-19-24(10-11-30(28)44-33)26-21-45-31-9-5-4-8-25(26)31/h4-5,8-11,16-21H,3,6-7,12-15H2,1-2H3,(H-,38,39,40,41,42,43)/p+1. The van der Waals surface area contributed by atoms with Gasteiger partial charge < -0.3 is 9.64 Å².